The Labute approximate surface area is 179 Å². The van der Waals surface area contributed by atoms with E-state index in [-0.39, 0.29) is 29.4 Å². The van der Waals surface area contributed by atoms with Crippen molar-refractivity contribution in [2.24, 2.45) is 0 Å². The highest BCUT2D eigenvalue weighted by Crippen LogP contribution is 2.34. The predicted octanol–water partition coefficient (Wildman–Crippen LogP) is 2.18. The van der Waals surface area contributed by atoms with Crippen LogP contribution in [0.15, 0.2) is 41.2 Å². The summed E-state index contributed by atoms with van der Waals surface area (Å²) in [5, 5.41) is 2.75. The summed E-state index contributed by atoms with van der Waals surface area (Å²) in [5.41, 5.74) is 1.68. The van der Waals surface area contributed by atoms with E-state index in [9.17, 15) is 14.4 Å². The Morgan fingerprint density at radius 2 is 1.58 bits per heavy atom. The second kappa shape index (κ2) is 8.95. The highest BCUT2D eigenvalue weighted by atomic mass is 16.5. The minimum absolute atomic E-state index is 0.198. The van der Waals surface area contributed by atoms with Crippen molar-refractivity contribution in [1.82, 2.24) is 14.0 Å². The van der Waals surface area contributed by atoms with Gasteiger partial charge in [0.1, 0.15) is 6.54 Å². The molecule has 31 heavy (non-hydrogen) atoms. The Morgan fingerprint density at radius 3 is 2.13 bits per heavy atom. The number of aromatic nitrogens is 2. The fraction of sp³-hybridized carbons (Fsp3) is 0.318. The van der Waals surface area contributed by atoms with Gasteiger partial charge in [-0.1, -0.05) is 12.1 Å². The van der Waals surface area contributed by atoms with E-state index >= 15 is 0 Å². The molecule has 9 heteroatoms. The summed E-state index contributed by atoms with van der Waals surface area (Å²) in [6.45, 7) is 2.17. The maximum Gasteiger partial charge on any atom is 0.329 e. The number of carbonyl (C=O) groups is 2. The van der Waals surface area contributed by atoms with E-state index in [0.717, 1.165) is 5.52 Å². The minimum atomic E-state index is -0.443. The molecule has 0 bridgehead atoms. The molecule has 0 aliphatic carbocycles. The number of amides is 2. The van der Waals surface area contributed by atoms with Crippen LogP contribution >= 0.6 is 0 Å². The van der Waals surface area contributed by atoms with Gasteiger partial charge in [0, 0.05) is 26.7 Å². The maximum absolute atomic E-state index is 12.9. The highest BCUT2D eigenvalue weighted by molar-refractivity contribution is 6.04. The molecule has 9 nitrogen and oxygen atoms in total. The number of imidazole rings is 1. The van der Waals surface area contributed by atoms with Crippen LogP contribution in [-0.4, -0.2) is 54.2 Å². The number of hydrogen-bond donors (Lipinski definition) is 1. The fourth-order valence-corrected chi connectivity index (χ4v) is 3.46. The Morgan fingerprint density at radius 1 is 1.00 bits per heavy atom. The lowest BCUT2D eigenvalue weighted by molar-refractivity contribution is -0.116. The number of benzene rings is 2. The van der Waals surface area contributed by atoms with Crippen molar-refractivity contribution in [2.45, 2.75) is 20.0 Å². The Kier molecular flexibility index (Phi) is 6.33. The van der Waals surface area contributed by atoms with E-state index in [1.54, 1.807) is 24.7 Å². The Bertz CT molecular complexity index is 1190. The van der Waals surface area contributed by atoms with Crippen molar-refractivity contribution in [2.75, 3.05) is 33.6 Å². The normalized spacial score (nSPS) is 10.7. The third-order valence-corrected chi connectivity index (χ3v) is 4.98. The van der Waals surface area contributed by atoms with E-state index in [1.165, 1.54) is 35.8 Å². The largest absolute Gasteiger partial charge is 0.493 e. The molecule has 164 valence electrons. The van der Waals surface area contributed by atoms with Crippen LogP contribution in [0.2, 0.25) is 0 Å². The lowest BCUT2D eigenvalue weighted by Crippen LogP contribution is -2.30. The van der Waals surface area contributed by atoms with Gasteiger partial charge in [0.25, 0.3) is 5.91 Å². The van der Waals surface area contributed by atoms with Crippen LogP contribution in [0.3, 0.4) is 0 Å². The van der Waals surface area contributed by atoms with Crippen molar-refractivity contribution >= 4 is 28.5 Å². The molecular weight excluding hydrogens is 400 g/mol. The first kappa shape index (κ1) is 21.9. The van der Waals surface area contributed by atoms with Crippen molar-refractivity contribution < 1.29 is 19.1 Å². The summed E-state index contributed by atoms with van der Waals surface area (Å²) in [4.78, 5) is 39.8. The SMILES string of the molecule is CCn1c(=O)n(CC(=O)Nc2cc(OC)c(OC)cc2C(=O)N(C)C)c2ccccc21. The lowest BCUT2D eigenvalue weighted by Gasteiger charge is -2.18. The van der Waals surface area contributed by atoms with Crippen LogP contribution in [0.5, 0.6) is 11.5 Å². The molecule has 0 aliphatic rings. The van der Waals surface area contributed by atoms with Gasteiger partial charge < -0.3 is 19.7 Å². The molecule has 1 aromatic heterocycles. The van der Waals surface area contributed by atoms with E-state index in [1.807, 2.05) is 25.1 Å². The van der Waals surface area contributed by atoms with Crippen LogP contribution in [0.25, 0.3) is 11.0 Å². The summed E-state index contributed by atoms with van der Waals surface area (Å²) < 4.78 is 13.6. The van der Waals surface area contributed by atoms with Gasteiger partial charge in [-0.25, -0.2) is 4.79 Å². The fourth-order valence-electron chi connectivity index (χ4n) is 3.46. The standard InChI is InChI=1S/C22H26N4O5/c1-6-25-16-9-7-8-10-17(16)26(22(25)29)13-20(27)23-15-12-19(31-5)18(30-4)11-14(15)21(28)24(2)3/h7-12H,6,13H2,1-5H3,(H,23,27). The van der Waals surface area contributed by atoms with Gasteiger partial charge in [0.15, 0.2) is 11.5 Å². The first-order valence-corrected chi connectivity index (χ1v) is 9.77. The van der Waals surface area contributed by atoms with Crippen molar-refractivity contribution in [1.29, 1.82) is 0 Å². The number of aryl methyl sites for hydroxylation is 1. The number of carbonyl (C=O) groups excluding carboxylic acids is 2. The highest BCUT2D eigenvalue weighted by Gasteiger charge is 2.21. The first-order chi connectivity index (χ1) is 14.8. The summed E-state index contributed by atoms with van der Waals surface area (Å²) >= 11 is 0. The van der Waals surface area contributed by atoms with Crippen LogP contribution in [0.4, 0.5) is 5.69 Å². The second-order valence-corrected chi connectivity index (χ2v) is 7.10. The molecule has 0 spiro atoms. The summed E-state index contributed by atoms with van der Waals surface area (Å²) in [6, 6.07) is 10.4. The third kappa shape index (κ3) is 4.11. The molecule has 0 radical (unpaired) electrons. The summed E-state index contributed by atoms with van der Waals surface area (Å²) in [7, 11) is 6.17. The van der Waals surface area contributed by atoms with E-state index in [2.05, 4.69) is 5.32 Å². The van der Waals surface area contributed by atoms with Crippen LogP contribution < -0.4 is 20.5 Å². The molecule has 1 N–H and O–H groups in total. The molecule has 0 saturated heterocycles. The number of rotatable bonds is 7. The Balaban J connectivity index is 1.99. The van der Waals surface area contributed by atoms with Crippen molar-refractivity contribution in [3.05, 3.63) is 52.4 Å². The van der Waals surface area contributed by atoms with E-state index in [4.69, 9.17) is 9.47 Å². The molecule has 0 saturated carbocycles. The number of hydrogen-bond acceptors (Lipinski definition) is 5. The topological polar surface area (TPSA) is 94.8 Å². The van der Waals surface area contributed by atoms with Crippen molar-refractivity contribution in [3.63, 3.8) is 0 Å². The van der Waals surface area contributed by atoms with Crippen molar-refractivity contribution in [3.8, 4) is 11.5 Å². The number of methoxy groups -OCH3 is 2. The molecule has 0 aliphatic heterocycles. The average Bonchev–Trinajstić information content (AvgIpc) is 3.03. The summed E-state index contributed by atoms with van der Waals surface area (Å²) in [6.07, 6.45) is 0. The molecule has 1 heterocycles. The van der Waals surface area contributed by atoms with Crippen LogP contribution in [0, 0.1) is 0 Å². The molecule has 2 amide bonds. The smallest absolute Gasteiger partial charge is 0.329 e. The monoisotopic (exact) mass is 426 g/mol. The first-order valence-electron chi connectivity index (χ1n) is 9.77. The summed E-state index contributed by atoms with van der Waals surface area (Å²) in [5.74, 6) is -0.0158. The van der Waals surface area contributed by atoms with E-state index < -0.39 is 5.91 Å². The van der Waals surface area contributed by atoms with Crippen LogP contribution in [-0.2, 0) is 17.9 Å². The third-order valence-electron chi connectivity index (χ3n) is 4.98. The zero-order valence-corrected chi connectivity index (χ0v) is 18.3. The average molecular weight is 426 g/mol. The number of anilines is 1. The van der Waals surface area contributed by atoms with Crippen LogP contribution in [0.1, 0.15) is 17.3 Å². The van der Waals surface area contributed by atoms with Gasteiger partial charge >= 0.3 is 5.69 Å². The van der Waals surface area contributed by atoms with E-state index in [0.29, 0.717) is 23.6 Å². The van der Waals surface area contributed by atoms with Gasteiger partial charge in [-0.05, 0) is 25.1 Å². The van der Waals surface area contributed by atoms with Gasteiger partial charge in [-0.15, -0.1) is 0 Å². The van der Waals surface area contributed by atoms with Gasteiger partial charge in [-0.3, -0.25) is 18.7 Å². The number of fused-ring (bicyclic) bond motifs is 1. The predicted molar refractivity (Wildman–Crippen MR) is 118 cm³/mol. The Hall–Kier alpha value is -3.75. The number of nitrogens with one attached hydrogen (secondary N) is 1. The molecule has 0 atom stereocenters. The number of para-hydroxylation sites is 2. The lowest BCUT2D eigenvalue weighted by atomic mass is 10.1. The quantitative estimate of drug-likeness (QED) is 0.625. The van der Waals surface area contributed by atoms with Gasteiger partial charge in [0.05, 0.1) is 36.5 Å². The molecule has 0 unspecified atom stereocenters. The molecular formula is C22H26N4O5. The second-order valence-electron chi connectivity index (χ2n) is 7.10. The number of nitrogens with zero attached hydrogens (tertiary/aromatic N) is 3. The zero-order valence-electron chi connectivity index (χ0n) is 18.3. The zero-order chi connectivity index (χ0) is 22.7. The van der Waals surface area contributed by atoms with Gasteiger partial charge in [-0.2, -0.15) is 0 Å². The maximum atomic E-state index is 12.9. The molecule has 2 aromatic carbocycles. The molecule has 0 fully saturated rings. The molecule has 3 aromatic rings. The molecule has 3 rings (SSSR count). The minimum Gasteiger partial charge on any atom is -0.493 e. The number of ether oxygens (including phenoxy) is 2. The van der Waals surface area contributed by atoms with Gasteiger partial charge in [0.2, 0.25) is 5.91 Å².